The molecule has 0 aromatic heterocycles. The van der Waals surface area contributed by atoms with Crippen molar-refractivity contribution in [2.45, 2.75) is 39.7 Å². The van der Waals surface area contributed by atoms with Gasteiger partial charge in [-0.3, -0.25) is 0 Å². The second kappa shape index (κ2) is 6.55. The van der Waals surface area contributed by atoms with Gasteiger partial charge in [-0.15, -0.1) is 0 Å². The van der Waals surface area contributed by atoms with Crippen LogP contribution in [0.2, 0.25) is 0 Å². The van der Waals surface area contributed by atoms with E-state index in [-0.39, 0.29) is 0 Å². The Hall–Kier alpha value is -1.12. The summed E-state index contributed by atoms with van der Waals surface area (Å²) in [4.78, 5) is 0. The molecule has 0 aliphatic rings. The molecule has 0 heterocycles. The van der Waals surface area contributed by atoms with Crippen LogP contribution in [0.4, 0.5) is 0 Å². The smallest absolute Gasteiger partial charge is 0.104 e. The Bertz CT molecular complexity index is 604. The summed E-state index contributed by atoms with van der Waals surface area (Å²) in [6.45, 7) is 6.31. The molecule has 2 heteroatoms. The van der Waals surface area contributed by atoms with Crippen molar-refractivity contribution in [2.75, 3.05) is 0 Å². The van der Waals surface area contributed by atoms with E-state index < -0.39 is 6.10 Å². The third-order valence-electron chi connectivity index (χ3n) is 3.79. The normalized spacial score (nSPS) is 12.4. The molecule has 0 saturated carbocycles. The Morgan fingerprint density at radius 3 is 2.40 bits per heavy atom. The molecule has 106 valence electrons. The lowest BCUT2D eigenvalue weighted by molar-refractivity contribution is 0.219. The molecule has 2 rings (SSSR count). The standard InChI is InChI=1S/C18H21BrO/c1-4-13-6-7-14(5-2)16(11-13)18(20)15-8-9-17(19)12(3)10-15/h6-11,18,20H,4-5H2,1-3H3. The van der Waals surface area contributed by atoms with E-state index in [1.165, 1.54) is 11.1 Å². The van der Waals surface area contributed by atoms with Gasteiger partial charge in [0.2, 0.25) is 0 Å². The van der Waals surface area contributed by atoms with Crippen molar-refractivity contribution < 1.29 is 5.11 Å². The fraction of sp³-hybridized carbons (Fsp3) is 0.333. The molecule has 1 N–H and O–H groups in total. The number of aryl methyl sites for hydroxylation is 3. The highest BCUT2D eigenvalue weighted by atomic mass is 79.9. The summed E-state index contributed by atoms with van der Waals surface area (Å²) >= 11 is 3.50. The Balaban J connectivity index is 2.45. The van der Waals surface area contributed by atoms with Crippen LogP contribution in [-0.4, -0.2) is 5.11 Å². The number of rotatable bonds is 4. The highest BCUT2D eigenvalue weighted by Crippen LogP contribution is 2.29. The van der Waals surface area contributed by atoms with E-state index in [1.807, 2.05) is 25.1 Å². The summed E-state index contributed by atoms with van der Waals surface area (Å²) in [5.74, 6) is 0. The average molecular weight is 333 g/mol. The monoisotopic (exact) mass is 332 g/mol. The molecule has 1 atom stereocenters. The maximum absolute atomic E-state index is 10.7. The largest absolute Gasteiger partial charge is 0.384 e. The van der Waals surface area contributed by atoms with Gasteiger partial charge in [0.05, 0.1) is 0 Å². The lowest BCUT2D eigenvalue weighted by Crippen LogP contribution is -2.05. The third kappa shape index (κ3) is 3.13. The lowest BCUT2D eigenvalue weighted by Gasteiger charge is -2.17. The van der Waals surface area contributed by atoms with Crippen LogP contribution < -0.4 is 0 Å². The van der Waals surface area contributed by atoms with Crippen molar-refractivity contribution in [2.24, 2.45) is 0 Å². The molecule has 20 heavy (non-hydrogen) atoms. The van der Waals surface area contributed by atoms with E-state index in [9.17, 15) is 5.11 Å². The quantitative estimate of drug-likeness (QED) is 0.838. The van der Waals surface area contributed by atoms with Gasteiger partial charge in [0, 0.05) is 4.47 Å². The predicted octanol–water partition coefficient (Wildman–Crippen LogP) is 4.96. The van der Waals surface area contributed by atoms with Gasteiger partial charge in [0.25, 0.3) is 0 Å². The fourth-order valence-corrected chi connectivity index (χ4v) is 2.70. The molecule has 0 radical (unpaired) electrons. The van der Waals surface area contributed by atoms with Crippen LogP contribution in [0.3, 0.4) is 0 Å². The minimum absolute atomic E-state index is 0.553. The number of hydrogen-bond acceptors (Lipinski definition) is 1. The number of aliphatic hydroxyl groups is 1. The summed E-state index contributed by atoms with van der Waals surface area (Å²) in [5, 5.41) is 10.7. The van der Waals surface area contributed by atoms with Crippen LogP contribution in [0.15, 0.2) is 40.9 Å². The van der Waals surface area contributed by atoms with Gasteiger partial charge in [-0.25, -0.2) is 0 Å². The first-order valence-corrected chi connectivity index (χ1v) is 7.91. The lowest BCUT2D eigenvalue weighted by atomic mass is 9.92. The number of aliphatic hydroxyl groups excluding tert-OH is 1. The summed E-state index contributed by atoms with van der Waals surface area (Å²) in [7, 11) is 0. The first-order valence-electron chi connectivity index (χ1n) is 7.12. The van der Waals surface area contributed by atoms with E-state index >= 15 is 0 Å². The predicted molar refractivity (Wildman–Crippen MR) is 88.1 cm³/mol. The minimum atomic E-state index is -0.553. The molecule has 2 aromatic carbocycles. The molecule has 0 fully saturated rings. The Kier molecular flexibility index (Phi) is 5.00. The Morgan fingerprint density at radius 2 is 1.80 bits per heavy atom. The molecule has 0 aliphatic heterocycles. The molecule has 0 aliphatic carbocycles. The van der Waals surface area contributed by atoms with Crippen molar-refractivity contribution in [1.82, 2.24) is 0 Å². The van der Waals surface area contributed by atoms with Crippen molar-refractivity contribution in [1.29, 1.82) is 0 Å². The zero-order valence-electron chi connectivity index (χ0n) is 12.3. The second-order valence-corrected chi connectivity index (χ2v) is 6.01. The maximum Gasteiger partial charge on any atom is 0.104 e. The van der Waals surface area contributed by atoms with Gasteiger partial charge >= 0.3 is 0 Å². The van der Waals surface area contributed by atoms with E-state index in [1.54, 1.807) is 0 Å². The van der Waals surface area contributed by atoms with Crippen LogP contribution in [-0.2, 0) is 12.8 Å². The molecule has 2 aromatic rings. The molecular formula is C18H21BrO. The van der Waals surface area contributed by atoms with Crippen LogP contribution in [0, 0.1) is 6.92 Å². The molecule has 0 saturated heterocycles. The van der Waals surface area contributed by atoms with Crippen LogP contribution >= 0.6 is 15.9 Å². The van der Waals surface area contributed by atoms with Crippen LogP contribution in [0.1, 0.15) is 47.8 Å². The zero-order valence-corrected chi connectivity index (χ0v) is 13.9. The first-order chi connectivity index (χ1) is 9.56. The summed E-state index contributed by atoms with van der Waals surface area (Å²) in [5.41, 5.74) is 5.62. The van der Waals surface area contributed by atoms with Crippen molar-refractivity contribution in [3.05, 3.63) is 68.7 Å². The molecular weight excluding hydrogens is 312 g/mol. The van der Waals surface area contributed by atoms with Gasteiger partial charge in [-0.1, -0.05) is 60.1 Å². The Morgan fingerprint density at radius 1 is 1.05 bits per heavy atom. The van der Waals surface area contributed by atoms with Crippen molar-refractivity contribution in [3.63, 3.8) is 0 Å². The summed E-state index contributed by atoms with van der Waals surface area (Å²) in [6, 6.07) is 12.5. The average Bonchev–Trinajstić information content (AvgIpc) is 2.48. The minimum Gasteiger partial charge on any atom is -0.384 e. The molecule has 1 nitrogen and oxygen atoms in total. The van der Waals surface area contributed by atoms with Crippen LogP contribution in [0.25, 0.3) is 0 Å². The highest BCUT2D eigenvalue weighted by Gasteiger charge is 2.15. The Labute approximate surface area is 129 Å². The second-order valence-electron chi connectivity index (χ2n) is 5.15. The summed E-state index contributed by atoms with van der Waals surface area (Å²) in [6.07, 6.45) is 1.37. The first kappa shape index (κ1) is 15.3. The highest BCUT2D eigenvalue weighted by molar-refractivity contribution is 9.10. The zero-order chi connectivity index (χ0) is 14.7. The van der Waals surface area contributed by atoms with E-state index in [2.05, 4.69) is 48.0 Å². The van der Waals surface area contributed by atoms with Gasteiger partial charge < -0.3 is 5.11 Å². The van der Waals surface area contributed by atoms with Gasteiger partial charge in [0.15, 0.2) is 0 Å². The number of hydrogen-bond donors (Lipinski definition) is 1. The van der Waals surface area contributed by atoms with E-state index in [0.29, 0.717) is 0 Å². The van der Waals surface area contributed by atoms with Crippen molar-refractivity contribution in [3.8, 4) is 0 Å². The molecule has 0 amide bonds. The van der Waals surface area contributed by atoms with Gasteiger partial charge in [-0.05, 0) is 53.6 Å². The van der Waals surface area contributed by atoms with E-state index in [4.69, 9.17) is 0 Å². The van der Waals surface area contributed by atoms with Gasteiger partial charge in [0.1, 0.15) is 6.10 Å². The molecule has 0 spiro atoms. The maximum atomic E-state index is 10.7. The van der Waals surface area contributed by atoms with Crippen LogP contribution in [0.5, 0.6) is 0 Å². The number of benzene rings is 2. The molecule has 0 bridgehead atoms. The fourth-order valence-electron chi connectivity index (χ4n) is 2.46. The molecule has 1 unspecified atom stereocenters. The van der Waals surface area contributed by atoms with Crippen molar-refractivity contribution >= 4 is 15.9 Å². The van der Waals surface area contributed by atoms with Gasteiger partial charge in [-0.2, -0.15) is 0 Å². The number of halogens is 1. The van der Waals surface area contributed by atoms with E-state index in [0.717, 1.165) is 34.0 Å². The third-order valence-corrected chi connectivity index (χ3v) is 4.68. The SMILES string of the molecule is CCc1ccc(CC)c(C(O)c2ccc(Br)c(C)c2)c1. The summed E-state index contributed by atoms with van der Waals surface area (Å²) < 4.78 is 1.08. The topological polar surface area (TPSA) is 20.2 Å².